The number of ether oxygens (including phenoxy) is 1. The molecular formula is C22H32N2O3. The summed E-state index contributed by atoms with van der Waals surface area (Å²) in [5.74, 6) is 1.40. The fraction of sp³-hybridized carbons (Fsp3) is 0.636. The third kappa shape index (κ3) is 4.82. The Hall–Kier alpha value is -2.04. The molecule has 5 heteroatoms. The quantitative estimate of drug-likeness (QED) is 0.770. The Balaban J connectivity index is 1.50. The lowest BCUT2D eigenvalue weighted by Crippen LogP contribution is -2.55. The number of likely N-dealkylation sites (tertiary alicyclic amines) is 2. The highest BCUT2D eigenvalue weighted by molar-refractivity contribution is 5.78. The van der Waals surface area contributed by atoms with Crippen LogP contribution in [0, 0.1) is 5.41 Å². The Morgan fingerprint density at radius 1 is 1.19 bits per heavy atom. The van der Waals surface area contributed by atoms with E-state index in [0.29, 0.717) is 12.8 Å². The van der Waals surface area contributed by atoms with Gasteiger partial charge >= 0.3 is 0 Å². The van der Waals surface area contributed by atoms with Gasteiger partial charge in [-0.1, -0.05) is 12.1 Å². The SMILES string of the molecule is CCN1CC2(CCCN(C(=O)CCCc3ccc(OC)cc3)C2)CCC1=O. The van der Waals surface area contributed by atoms with E-state index in [9.17, 15) is 9.59 Å². The van der Waals surface area contributed by atoms with Gasteiger partial charge in [0.25, 0.3) is 0 Å². The minimum absolute atomic E-state index is 0.119. The van der Waals surface area contributed by atoms with E-state index in [0.717, 1.165) is 64.0 Å². The van der Waals surface area contributed by atoms with Gasteiger partial charge in [0.1, 0.15) is 5.75 Å². The first-order valence-electron chi connectivity index (χ1n) is 10.2. The molecule has 2 aliphatic rings. The van der Waals surface area contributed by atoms with E-state index in [1.165, 1.54) is 5.56 Å². The summed E-state index contributed by atoms with van der Waals surface area (Å²) in [6.07, 6.45) is 6.12. The van der Waals surface area contributed by atoms with Gasteiger partial charge in [-0.3, -0.25) is 9.59 Å². The van der Waals surface area contributed by atoms with Crippen LogP contribution in [0.1, 0.15) is 51.0 Å². The van der Waals surface area contributed by atoms with Crippen LogP contribution in [-0.2, 0) is 16.0 Å². The Morgan fingerprint density at radius 3 is 2.67 bits per heavy atom. The number of amides is 2. The van der Waals surface area contributed by atoms with Crippen molar-refractivity contribution < 1.29 is 14.3 Å². The van der Waals surface area contributed by atoms with Crippen LogP contribution in [0.4, 0.5) is 0 Å². The van der Waals surface area contributed by atoms with Gasteiger partial charge in [0.15, 0.2) is 0 Å². The fourth-order valence-corrected chi connectivity index (χ4v) is 4.54. The maximum atomic E-state index is 12.8. The van der Waals surface area contributed by atoms with Gasteiger partial charge in [0.2, 0.25) is 11.8 Å². The van der Waals surface area contributed by atoms with Gasteiger partial charge in [0.05, 0.1) is 7.11 Å². The number of rotatable bonds is 6. The molecule has 0 saturated carbocycles. The average molecular weight is 373 g/mol. The number of carbonyl (C=O) groups excluding carboxylic acids is 2. The second-order valence-corrected chi connectivity index (χ2v) is 8.03. The first-order valence-corrected chi connectivity index (χ1v) is 10.2. The molecule has 1 aromatic rings. The van der Waals surface area contributed by atoms with Crippen molar-refractivity contribution in [2.45, 2.75) is 51.9 Å². The molecular weight excluding hydrogens is 340 g/mol. The molecule has 2 heterocycles. The maximum absolute atomic E-state index is 12.8. The van der Waals surface area contributed by atoms with E-state index in [1.54, 1.807) is 7.11 Å². The monoisotopic (exact) mass is 372 g/mol. The summed E-state index contributed by atoms with van der Waals surface area (Å²) in [5, 5.41) is 0. The number of methoxy groups -OCH3 is 1. The van der Waals surface area contributed by atoms with Crippen molar-refractivity contribution >= 4 is 11.8 Å². The molecule has 2 aliphatic heterocycles. The minimum atomic E-state index is 0.119. The van der Waals surface area contributed by atoms with Gasteiger partial charge < -0.3 is 14.5 Å². The van der Waals surface area contributed by atoms with Crippen molar-refractivity contribution in [3.05, 3.63) is 29.8 Å². The van der Waals surface area contributed by atoms with Crippen molar-refractivity contribution in [3.63, 3.8) is 0 Å². The maximum Gasteiger partial charge on any atom is 0.222 e. The first-order chi connectivity index (χ1) is 13.0. The van der Waals surface area contributed by atoms with Crippen LogP contribution < -0.4 is 4.74 Å². The molecule has 2 saturated heterocycles. The molecule has 0 bridgehead atoms. The van der Waals surface area contributed by atoms with E-state index in [1.807, 2.05) is 24.0 Å². The van der Waals surface area contributed by atoms with E-state index in [4.69, 9.17) is 4.74 Å². The summed E-state index contributed by atoms with van der Waals surface area (Å²) in [6, 6.07) is 8.07. The standard InChI is InChI=1S/C22H32N2O3/c1-3-23-16-22(14-12-21(23)26)13-5-15-24(17-22)20(25)7-4-6-18-8-10-19(27-2)11-9-18/h8-11H,3-7,12-17H2,1-2H3. The summed E-state index contributed by atoms with van der Waals surface area (Å²) in [4.78, 5) is 28.8. The molecule has 1 spiro atoms. The molecule has 0 aliphatic carbocycles. The van der Waals surface area contributed by atoms with Gasteiger partial charge in [-0.05, 0) is 56.7 Å². The highest BCUT2D eigenvalue weighted by Gasteiger charge is 2.42. The molecule has 148 valence electrons. The van der Waals surface area contributed by atoms with E-state index >= 15 is 0 Å². The predicted molar refractivity (Wildman–Crippen MR) is 106 cm³/mol. The van der Waals surface area contributed by atoms with Crippen LogP contribution in [0.5, 0.6) is 5.75 Å². The van der Waals surface area contributed by atoms with Gasteiger partial charge in [-0.25, -0.2) is 0 Å². The lowest BCUT2D eigenvalue weighted by molar-refractivity contribution is -0.142. The van der Waals surface area contributed by atoms with Crippen LogP contribution in [0.15, 0.2) is 24.3 Å². The Kier molecular flexibility index (Phi) is 6.40. The van der Waals surface area contributed by atoms with E-state index < -0.39 is 0 Å². The van der Waals surface area contributed by atoms with Gasteiger partial charge in [0, 0.05) is 44.4 Å². The van der Waals surface area contributed by atoms with Gasteiger partial charge in [-0.2, -0.15) is 0 Å². The molecule has 1 atom stereocenters. The number of aryl methyl sites for hydroxylation is 1. The summed E-state index contributed by atoms with van der Waals surface area (Å²) >= 11 is 0. The summed E-state index contributed by atoms with van der Waals surface area (Å²) < 4.78 is 5.18. The molecule has 0 N–H and O–H groups in total. The smallest absolute Gasteiger partial charge is 0.222 e. The third-order valence-electron chi connectivity index (χ3n) is 6.16. The number of hydrogen-bond donors (Lipinski definition) is 0. The molecule has 1 aromatic carbocycles. The molecule has 5 nitrogen and oxygen atoms in total. The second kappa shape index (κ2) is 8.77. The van der Waals surface area contributed by atoms with Crippen molar-refractivity contribution in [2.75, 3.05) is 33.3 Å². The summed E-state index contributed by atoms with van der Waals surface area (Å²) in [7, 11) is 1.67. The van der Waals surface area contributed by atoms with Crippen molar-refractivity contribution in [1.29, 1.82) is 0 Å². The van der Waals surface area contributed by atoms with E-state index in [-0.39, 0.29) is 17.2 Å². The van der Waals surface area contributed by atoms with Gasteiger partial charge in [-0.15, -0.1) is 0 Å². The van der Waals surface area contributed by atoms with Crippen molar-refractivity contribution in [1.82, 2.24) is 9.80 Å². The van der Waals surface area contributed by atoms with E-state index in [2.05, 4.69) is 17.0 Å². The number of carbonyl (C=O) groups is 2. The average Bonchev–Trinajstić information content (AvgIpc) is 2.70. The Morgan fingerprint density at radius 2 is 1.96 bits per heavy atom. The summed E-state index contributed by atoms with van der Waals surface area (Å²) in [6.45, 7) is 5.32. The predicted octanol–water partition coefficient (Wildman–Crippen LogP) is 3.27. The molecule has 0 radical (unpaired) electrons. The number of nitrogens with zero attached hydrogens (tertiary/aromatic N) is 2. The lowest BCUT2D eigenvalue weighted by Gasteiger charge is -2.48. The van der Waals surface area contributed by atoms with Crippen LogP contribution >= 0.6 is 0 Å². The molecule has 3 rings (SSSR count). The number of benzene rings is 1. The molecule has 2 amide bonds. The zero-order chi connectivity index (χ0) is 19.3. The molecule has 0 aromatic heterocycles. The fourth-order valence-electron chi connectivity index (χ4n) is 4.54. The Bertz CT molecular complexity index is 658. The van der Waals surface area contributed by atoms with Crippen LogP contribution in [-0.4, -0.2) is 54.9 Å². The highest BCUT2D eigenvalue weighted by atomic mass is 16.5. The van der Waals surface area contributed by atoms with Crippen LogP contribution in [0.2, 0.25) is 0 Å². The largest absolute Gasteiger partial charge is 0.497 e. The number of piperidine rings is 2. The third-order valence-corrected chi connectivity index (χ3v) is 6.16. The Labute approximate surface area is 162 Å². The molecule has 2 fully saturated rings. The topological polar surface area (TPSA) is 49.9 Å². The van der Waals surface area contributed by atoms with Crippen LogP contribution in [0.3, 0.4) is 0 Å². The lowest BCUT2D eigenvalue weighted by atomic mass is 9.73. The van der Waals surface area contributed by atoms with Crippen LogP contribution in [0.25, 0.3) is 0 Å². The van der Waals surface area contributed by atoms with Crippen molar-refractivity contribution in [2.24, 2.45) is 5.41 Å². The highest BCUT2D eigenvalue weighted by Crippen LogP contribution is 2.39. The molecule has 1 unspecified atom stereocenters. The normalized spacial score (nSPS) is 23.0. The zero-order valence-electron chi connectivity index (χ0n) is 16.7. The number of hydrogen-bond acceptors (Lipinski definition) is 3. The second-order valence-electron chi connectivity index (χ2n) is 8.03. The molecule has 27 heavy (non-hydrogen) atoms. The minimum Gasteiger partial charge on any atom is -0.497 e. The summed E-state index contributed by atoms with van der Waals surface area (Å²) in [5.41, 5.74) is 1.36. The first kappa shape index (κ1) is 19.7. The zero-order valence-corrected chi connectivity index (χ0v) is 16.7. The van der Waals surface area contributed by atoms with Crippen molar-refractivity contribution in [3.8, 4) is 5.75 Å².